The van der Waals surface area contributed by atoms with Gasteiger partial charge in [-0.15, -0.1) is 11.3 Å². The van der Waals surface area contributed by atoms with Crippen molar-refractivity contribution in [1.82, 2.24) is 9.97 Å². The van der Waals surface area contributed by atoms with Gasteiger partial charge >= 0.3 is 5.97 Å². The van der Waals surface area contributed by atoms with Gasteiger partial charge < -0.3 is 10.1 Å². The van der Waals surface area contributed by atoms with E-state index in [2.05, 4.69) is 21.4 Å². The van der Waals surface area contributed by atoms with Crippen molar-refractivity contribution in [2.24, 2.45) is 0 Å². The molecule has 0 saturated heterocycles. The third-order valence-electron chi connectivity index (χ3n) is 4.47. The fourth-order valence-electron chi connectivity index (χ4n) is 2.98. The van der Waals surface area contributed by atoms with Crippen LogP contribution in [0.5, 0.6) is 0 Å². The van der Waals surface area contributed by atoms with Crippen LogP contribution in [0.3, 0.4) is 0 Å². The molecule has 3 aromatic rings. The van der Waals surface area contributed by atoms with Crippen molar-refractivity contribution in [3.8, 4) is 0 Å². The van der Waals surface area contributed by atoms with E-state index in [0.29, 0.717) is 21.3 Å². The van der Waals surface area contributed by atoms with E-state index in [9.17, 15) is 14.4 Å². The molecule has 0 radical (unpaired) electrons. The number of carbonyl (C=O) groups is 3. The van der Waals surface area contributed by atoms with E-state index in [4.69, 9.17) is 16.3 Å². The molecule has 0 atom stereocenters. The Hall–Kier alpha value is -2.75. The van der Waals surface area contributed by atoms with Crippen molar-refractivity contribution in [2.45, 2.75) is 31.7 Å². The Bertz CT molecular complexity index is 1210. The summed E-state index contributed by atoms with van der Waals surface area (Å²) in [5.74, 6) is -0.850. The third kappa shape index (κ3) is 5.35. The average molecular weight is 490 g/mol. The molecule has 3 rings (SSSR count). The number of rotatable bonds is 7. The van der Waals surface area contributed by atoms with Crippen LogP contribution >= 0.6 is 34.7 Å². The van der Waals surface area contributed by atoms with Crippen molar-refractivity contribution < 1.29 is 19.1 Å². The number of esters is 1. The molecule has 7 nitrogen and oxygen atoms in total. The van der Waals surface area contributed by atoms with Crippen LogP contribution in [0.2, 0.25) is 5.02 Å². The van der Waals surface area contributed by atoms with E-state index >= 15 is 0 Å². The molecule has 1 aromatic carbocycles. The van der Waals surface area contributed by atoms with Gasteiger partial charge in [-0.05, 0) is 31.9 Å². The molecule has 0 saturated carbocycles. The van der Waals surface area contributed by atoms with Crippen LogP contribution in [-0.2, 0) is 10.5 Å². The summed E-state index contributed by atoms with van der Waals surface area (Å²) in [6.45, 7) is 5.04. The molecule has 0 aliphatic carbocycles. The lowest BCUT2D eigenvalue weighted by Crippen LogP contribution is -2.16. The number of nitrogens with zero attached hydrogens (tertiary/aromatic N) is 2. The number of ether oxygens (including phenoxy) is 1. The number of benzene rings is 1. The lowest BCUT2D eigenvalue weighted by molar-refractivity contribution is 0.0601. The van der Waals surface area contributed by atoms with Crippen LogP contribution < -0.4 is 5.32 Å². The topological polar surface area (TPSA) is 98.2 Å². The Morgan fingerprint density at radius 2 is 2.00 bits per heavy atom. The largest absolute Gasteiger partial charge is 0.465 e. The predicted octanol–water partition coefficient (Wildman–Crippen LogP) is 5.34. The normalized spacial score (nSPS) is 10.7. The highest BCUT2D eigenvalue weighted by Gasteiger charge is 2.26. The number of hydrogen-bond donors (Lipinski definition) is 1. The number of thiophene rings is 1. The summed E-state index contributed by atoms with van der Waals surface area (Å²) in [6.07, 6.45) is 1.37. The lowest BCUT2D eigenvalue weighted by Gasteiger charge is -2.08. The molecular weight excluding hydrogens is 470 g/mol. The summed E-state index contributed by atoms with van der Waals surface area (Å²) in [6, 6.07) is 8.06. The first-order valence-corrected chi connectivity index (χ1v) is 11.6. The molecule has 10 heteroatoms. The quantitative estimate of drug-likeness (QED) is 0.207. The first-order chi connectivity index (χ1) is 15.2. The highest BCUT2D eigenvalue weighted by atomic mass is 35.5. The summed E-state index contributed by atoms with van der Waals surface area (Å²) < 4.78 is 4.81. The highest BCUT2D eigenvalue weighted by Crippen LogP contribution is 2.34. The van der Waals surface area contributed by atoms with Gasteiger partial charge in [-0.2, -0.15) is 0 Å². The molecule has 0 unspecified atom stereocenters. The average Bonchev–Trinajstić information content (AvgIpc) is 3.08. The van der Waals surface area contributed by atoms with Crippen molar-refractivity contribution in [1.29, 1.82) is 0 Å². The van der Waals surface area contributed by atoms with Crippen LogP contribution in [0.25, 0.3) is 0 Å². The summed E-state index contributed by atoms with van der Waals surface area (Å²) in [4.78, 5) is 45.9. The zero-order chi connectivity index (χ0) is 23.4. The third-order valence-corrected chi connectivity index (χ3v) is 6.99. The Labute approximate surface area is 198 Å². The van der Waals surface area contributed by atoms with Crippen LogP contribution in [-0.4, -0.2) is 34.7 Å². The minimum Gasteiger partial charge on any atom is -0.465 e. The monoisotopic (exact) mass is 489 g/mol. The first-order valence-electron chi connectivity index (χ1n) is 9.46. The van der Waals surface area contributed by atoms with Gasteiger partial charge in [0.15, 0.2) is 16.6 Å². The number of aryl methyl sites for hydroxylation is 1. The zero-order valence-electron chi connectivity index (χ0n) is 17.8. The Kier molecular flexibility index (Phi) is 7.65. The number of nitrogens with one attached hydrogen (secondary N) is 1. The molecule has 0 aliphatic heterocycles. The van der Waals surface area contributed by atoms with Crippen LogP contribution in [0.15, 0.2) is 35.6 Å². The van der Waals surface area contributed by atoms with Gasteiger partial charge in [0.2, 0.25) is 0 Å². The Balaban J connectivity index is 1.85. The fraction of sp³-hybridized carbons (Fsp3) is 0.227. The number of anilines is 1. The molecule has 0 spiro atoms. The number of ketones is 1. The minimum atomic E-state index is -0.648. The number of thioether (sulfide) groups is 1. The van der Waals surface area contributed by atoms with Gasteiger partial charge in [0, 0.05) is 5.75 Å². The molecule has 1 N–H and O–H groups in total. The molecule has 2 heterocycles. The summed E-state index contributed by atoms with van der Waals surface area (Å²) in [5.41, 5.74) is 2.81. The SMILES string of the molecule is COC(=O)c1c(NC(=O)c2nc(SCc3cccc(C)c3)ncc2Cl)sc(C(C)=O)c1C. The minimum absolute atomic E-state index is 0.0281. The number of Topliss-reactive ketones (excluding diaryl/α,β-unsaturated/α-hetero) is 1. The second-order valence-corrected chi connectivity index (χ2v) is 9.26. The number of amides is 1. The number of carbonyl (C=O) groups excluding carboxylic acids is 3. The van der Waals surface area contributed by atoms with E-state index in [0.717, 1.165) is 22.5 Å². The summed E-state index contributed by atoms with van der Waals surface area (Å²) >= 11 is 8.55. The van der Waals surface area contributed by atoms with Gasteiger partial charge in [-0.25, -0.2) is 14.8 Å². The van der Waals surface area contributed by atoms with Gasteiger partial charge in [0.25, 0.3) is 5.91 Å². The lowest BCUT2D eigenvalue weighted by atomic mass is 10.1. The van der Waals surface area contributed by atoms with Crippen molar-refractivity contribution >= 4 is 57.4 Å². The molecular formula is C22H20ClN3O4S2. The second-order valence-electron chi connectivity index (χ2n) is 6.89. The Morgan fingerprint density at radius 1 is 1.25 bits per heavy atom. The molecule has 166 valence electrons. The standard InChI is InChI=1S/C22H20ClN3O4S2/c1-11-6-5-7-14(8-11)10-31-22-24-9-15(23)17(25-22)19(28)26-20-16(21(29)30-4)12(2)18(32-20)13(3)27/h5-9H,10H2,1-4H3,(H,26,28). The maximum absolute atomic E-state index is 12.9. The van der Waals surface area contributed by atoms with E-state index in [1.165, 1.54) is 32.0 Å². The molecule has 2 aromatic heterocycles. The number of halogens is 1. The summed E-state index contributed by atoms with van der Waals surface area (Å²) in [5, 5.41) is 3.31. The molecule has 1 amide bonds. The molecule has 0 aliphatic rings. The maximum Gasteiger partial charge on any atom is 0.341 e. The predicted molar refractivity (Wildman–Crippen MR) is 126 cm³/mol. The van der Waals surface area contributed by atoms with Crippen LogP contribution in [0, 0.1) is 13.8 Å². The number of hydrogen-bond acceptors (Lipinski definition) is 8. The van der Waals surface area contributed by atoms with Crippen LogP contribution in [0.4, 0.5) is 5.00 Å². The van der Waals surface area contributed by atoms with Crippen molar-refractivity contribution in [3.63, 3.8) is 0 Å². The molecule has 32 heavy (non-hydrogen) atoms. The maximum atomic E-state index is 12.9. The number of methoxy groups -OCH3 is 1. The summed E-state index contributed by atoms with van der Waals surface area (Å²) in [7, 11) is 1.23. The van der Waals surface area contributed by atoms with E-state index in [1.54, 1.807) is 6.92 Å². The Morgan fingerprint density at radius 3 is 2.66 bits per heavy atom. The zero-order valence-corrected chi connectivity index (χ0v) is 20.2. The highest BCUT2D eigenvalue weighted by molar-refractivity contribution is 7.98. The van der Waals surface area contributed by atoms with Crippen LogP contribution in [0.1, 0.15) is 54.1 Å². The van der Waals surface area contributed by atoms with E-state index in [1.807, 2.05) is 25.1 Å². The fourth-order valence-corrected chi connectivity index (χ4v) is 5.00. The molecule has 0 bridgehead atoms. The van der Waals surface area contributed by atoms with Gasteiger partial charge in [0.1, 0.15) is 5.00 Å². The van der Waals surface area contributed by atoms with E-state index in [-0.39, 0.29) is 27.1 Å². The van der Waals surface area contributed by atoms with Crippen molar-refractivity contribution in [2.75, 3.05) is 12.4 Å². The smallest absolute Gasteiger partial charge is 0.341 e. The number of aromatic nitrogens is 2. The van der Waals surface area contributed by atoms with Gasteiger partial charge in [-0.3, -0.25) is 9.59 Å². The van der Waals surface area contributed by atoms with Gasteiger partial charge in [0.05, 0.1) is 28.8 Å². The van der Waals surface area contributed by atoms with E-state index < -0.39 is 11.9 Å². The van der Waals surface area contributed by atoms with Crippen molar-refractivity contribution in [3.05, 3.63) is 68.3 Å². The second kappa shape index (κ2) is 10.2. The van der Waals surface area contributed by atoms with Gasteiger partial charge in [-0.1, -0.05) is 53.2 Å². The molecule has 0 fully saturated rings. The first kappa shape index (κ1) is 23.9.